The van der Waals surface area contributed by atoms with Crippen LogP contribution in [0.4, 0.5) is 5.69 Å². The first-order chi connectivity index (χ1) is 8.81. The van der Waals surface area contributed by atoms with E-state index >= 15 is 0 Å². The summed E-state index contributed by atoms with van der Waals surface area (Å²) in [5.41, 5.74) is 1.15. The van der Waals surface area contributed by atoms with E-state index in [1.807, 2.05) is 36.2 Å². The van der Waals surface area contributed by atoms with Crippen LogP contribution in [0.1, 0.15) is 5.82 Å². The molecule has 0 aliphatic carbocycles. The Bertz CT molecular complexity index is 519. The van der Waals surface area contributed by atoms with Crippen molar-refractivity contribution < 1.29 is 0 Å². The van der Waals surface area contributed by atoms with Crippen LogP contribution in [0.2, 0.25) is 0 Å². The molecule has 0 radical (unpaired) electrons. The molecule has 0 atom stereocenters. The lowest BCUT2D eigenvalue weighted by Crippen LogP contribution is -2.06. The monoisotopic (exact) mass is 259 g/mol. The number of rotatable bonds is 6. The lowest BCUT2D eigenvalue weighted by atomic mass is 10.3. The van der Waals surface area contributed by atoms with E-state index in [2.05, 4.69) is 35.1 Å². The summed E-state index contributed by atoms with van der Waals surface area (Å²) in [6, 6.07) is 8.30. The minimum Gasteiger partial charge on any atom is -0.377 e. The second-order valence-corrected chi connectivity index (χ2v) is 4.97. The van der Waals surface area contributed by atoms with E-state index in [9.17, 15) is 0 Å². The van der Waals surface area contributed by atoms with E-state index in [1.165, 1.54) is 4.90 Å². The number of aryl methyl sites for hydroxylation is 1. The van der Waals surface area contributed by atoms with Crippen LogP contribution in [-0.2, 0) is 13.6 Å². The molecule has 1 aromatic carbocycles. The van der Waals surface area contributed by atoms with Crippen molar-refractivity contribution >= 4 is 17.4 Å². The predicted octanol–water partition coefficient (Wildman–Crippen LogP) is 3.31. The average molecular weight is 259 g/mol. The second kappa shape index (κ2) is 6.31. The second-order valence-electron chi connectivity index (χ2n) is 3.90. The number of aromatic nitrogens is 2. The molecule has 0 unspecified atom stereocenters. The van der Waals surface area contributed by atoms with Gasteiger partial charge in [0.1, 0.15) is 5.82 Å². The Morgan fingerprint density at radius 1 is 1.44 bits per heavy atom. The van der Waals surface area contributed by atoms with E-state index in [1.54, 1.807) is 11.8 Å². The van der Waals surface area contributed by atoms with E-state index in [0.29, 0.717) is 0 Å². The first-order valence-electron chi connectivity index (χ1n) is 5.84. The smallest absolute Gasteiger partial charge is 0.127 e. The van der Waals surface area contributed by atoms with Crippen LogP contribution < -0.4 is 5.32 Å². The van der Waals surface area contributed by atoms with Crippen molar-refractivity contribution in [2.45, 2.75) is 11.4 Å². The van der Waals surface area contributed by atoms with Gasteiger partial charge in [-0.1, -0.05) is 18.2 Å². The standard InChI is InChI=1S/C14H17N3S/c1-3-10-18-13-7-5-4-6-12(13)16-11-14-15-8-9-17(14)2/h3-9,16H,1,10-11H2,2H3. The van der Waals surface area contributed by atoms with Gasteiger partial charge in [-0.3, -0.25) is 0 Å². The van der Waals surface area contributed by atoms with Crippen LogP contribution in [-0.4, -0.2) is 15.3 Å². The highest BCUT2D eigenvalue weighted by atomic mass is 32.2. The molecule has 0 fully saturated rings. The third-order valence-electron chi connectivity index (χ3n) is 2.60. The van der Waals surface area contributed by atoms with Crippen LogP contribution in [0.25, 0.3) is 0 Å². The zero-order valence-electron chi connectivity index (χ0n) is 10.5. The summed E-state index contributed by atoms with van der Waals surface area (Å²) in [6.45, 7) is 4.48. The molecule has 18 heavy (non-hydrogen) atoms. The van der Waals surface area contributed by atoms with Gasteiger partial charge >= 0.3 is 0 Å². The Morgan fingerprint density at radius 3 is 3.00 bits per heavy atom. The van der Waals surface area contributed by atoms with Crippen molar-refractivity contribution in [3.63, 3.8) is 0 Å². The molecule has 1 aromatic heterocycles. The summed E-state index contributed by atoms with van der Waals surface area (Å²) in [5.74, 6) is 1.94. The molecular formula is C14H17N3S. The Kier molecular flexibility index (Phi) is 4.47. The van der Waals surface area contributed by atoms with Crippen LogP contribution in [0, 0.1) is 0 Å². The third-order valence-corrected chi connectivity index (χ3v) is 3.67. The van der Waals surface area contributed by atoms with Gasteiger partial charge in [0.25, 0.3) is 0 Å². The first-order valence-corrected chi connectivity index (χ1v) is 6.82. The van der Waals surface area contributed by atoms with Gasteiger partial charge in [-0.2, -0.15) is 0 Å². The fraction of sp³-hybridized carbons (Fsp3) is 0.214. The zero-order valence-corrected chi connectivity index (χ0v) is 11.3. The molecule has 1 N–H and O–H groups in total. The molecule has 2 aromatic rings. The summed E-state index contributed by atoms with van der Waals surface area (Å²) >= 11 is 1.78. The molecular weight excluding hydrogens is 242 g/mol. The van der Waals surface area contributed by atoms with Crippen LogP contribution >= 0.6 is 11.8 Å². The number of para-hydroxylation sites is 1. The molecule has 0 saturated heterocycles. The van der Waals surface area contributed by atoms with Crippen molar-refractivity contribution in [3.05, 3.63) is 55.1 Å². The van der Waals surface area contributed by atoms with Crippen LogP contribution in [0.5, 0.6) is 0 Å². The molecule has 4 heteroatoms. The van der Waals surface area contributed by atoms with Crippen molar-refractivity contribution in [1.29, 1.82) is 0 Å². The molecule has 3 nitrogen and oxygen atoms in total. The number of hydrogen-bond acceptors (Lipinski definition) is 3. The van der Waals surface area contributed by atoms with Gasteiger partial charge in [-0.25, -0.2) is 4.98 Å². The number of imidazole rings is 1. The van der Waals surface area contributed by atoms with Crippen LogP contribution in [0.15, 0.2) is 54.2 Å². The Balaban J connectivity index is 2.04. The molecule has 1 heterocycles. The molecule has 94 valence electrons. The molecule has 0 saturated carbocycles. The maximum atomic E-state index is 4.30. The van der Waals surface area contributed by atoms with E-state index in [0.717, 1.165) is 23.8 Å². The quantitative estimate of drug-likeness (QED) is 0.637. The van der Waals surface area contributed by atoms with Gasteiger partial charge in [0.15, 0.2) is 0 Å². The molecule has 0 bridgehead atoms. The first kappa shape index (κ1) is 12.8. The summed E-state index contributed by atoms with van der Waals surface area (Å²) < 4.78 is 2.02. The summed E-state index contributed by atoms with van der Waals surface area (Å²) in [7, 11) is 2.00. The molecule has 0 aliphatic rings. The zero-order chi connectivity index (χ0) is 12.8. The number of thioether (sulfide) groups is 1. The van der Waals surface area contributed by atoms with Crippen molar-refractivity contribution in [2.75, 3.05) is 11.1 Å². The lowest BCUT2D eigenvalue weighted by molar-refractivity contribution is 0.812. The number of nitrogens with one attached hydrogen (secondary N) is 1. The van der Waals surface area contributed by atoms with Gasteiger partial charge in [0.2, 0.25) is 0 Å². The van der Waals surface area contributed by atoms with E-state index in [-0.39, 0.29) is 0 Å². The molecule has 2 rings (SSSR count). The largest absolute Gasteiger partial charge is 0.377 e. The highest BCUT2D eigenvalue weighted by Crippen LogP contribution is 2.27. The number of hydrogen-bond donors (Lipinski definition) is 1. The topological polar surface area (TPSA) is 29.9 Å². The number of benzene rings is 1. The fourth-order valence-electron chi connectivity index (χ4n) is 1.63. The van der Waals surface area contributed by atoms with E-state index < -0.39 is 0 Å². The summed E-state index contributed by atoms with van der Waals surface area (Å²) in [5, 5.41) is 3.43. The highest BCUT2D eigenvalue weighted by Gasteiger charge is 2.03. The average Bonchev–Trinajstić information content (AvgIpc) is 2.80. The maximum absolute atomic E-state index is 4.30. The molecule has 0 aliphatic heterocycles. The van der Waals surface area contributed by atoms with Gasteiger partial charge in [-0.15, -0.1) is 18.3 Å². The highest BCUT2D eigenvalue weighted by molar-refractivity contribution is 7.99. The maximum Gasteiger partial charge on any atom is 0.127 e. The fourth-order valence-corrected chi connectivity index (χ4v) is 2.40. The van der Waals surface area contributed by atoms with Gasteiger partial charge in [0.05, 0.1) is 6.54 Å². The molecule has 0 spiro atoms. The third kappa shape index (κ3) is 3.17. The van der Waals surface area contributed by atoms with Crippen LogP contribution in [0.3, 0.4) is 0 Å². The Hall–Kier alpha value is -1.68. The summed E-state index contributed by atoms with van der Waals surface area (Å²) in [6.07, 6.45) is 5.69. The summed E-state index contributed by atoms with van der Waals surface area (Å²) in [4.78, 5) is 5.54. The minimum absolute atomic E-state index is 0.731. The van der Waals surface area contributed by atoms with Crippen molar-refractivity contribution in [1.82, 2.24) is 9.55 Å². The lowest BCUT2D eigenvalue weighted by Gasteiger charge is -2.10. The van der Waals surface area contributed by atoms with Gasteiger partial charge < -0.3 is 9.88 Å². The van der Waals surface area contributed by atoms with Gasteiger partial charge in [-0.05, 0) is 12.1 Å². The Labute approximate surface area is 112 Å². The van der Waals surface area contributed by atoms with Gasteiger partial charge in [0, 0.05) is 35.8 Å². The number of nitrogens with zero attached hydrogens (tertiary/aromatic N) is 2. The SMILES string of the molecule is C=CCSc1ccccc1NCc1nccn1C. The normalized spacial score (nSPS) is 10.3. The van der Waals surface area contributed by atoms with E-state index in [4.69, 9.17) is 0 Å². The molecule has 0 amide bonds. The number of anilines is 1. The van der Waals surface area contributed by atoms with Crippen molar-refractivity contribution in [2.24, 2.45) is 7.05 Å². The van der Waals surface area contributed by atoms with Crippen molar-refractivity contribution in [3.8, 4) is 0 Å². The Morgan fingerprint density at radius 2 is 2.28 bits per heavy atom. The predicted molar refractivity (Wildman–Crippen MR) is 77.9 cm³/mol. The minimum atomic E-state index is 0.731.